The maximum Gasteiger partial charge on any atom is 0.196 e. The Morgan fingerprint density at radius 2 is 0.405 bits per heavy atom. The van der Waals surface area contributed by atoms with Crippen molar-refractivity contribution in [2.75, 3.05) is 33.0 Å². The van der Waals surface area contributed by atoms with Gasteiger partial charge in [-0.1, -0.05) is 110 Å². The smallest absolute Gasteiger partial charge is 0.196 e. The van der Waals surface area contributed by atoms with E-state index < -0.39 is 192 Å². The van der Waals surface area contributed by atoms with E-state index >= 15 is 0 Å². The van der Waals surface area contributed by atoms with Crippen LogP contribution in [0, 0.1) is 6.20 Å². The number of hydrogen-bond acceptors (Lipinski definition) is 45. The molecule has 0 saturated carbocycles. The quantitative estimate of drug-likeness (QED) is 0.0336. The molecule has 5 saturated heterocycles. The van der Waals surface area contributed by atoms with Gasteiger partial charge in [0, 0.05) is 589 Å². The van der Waals surface area contributed by atoms with Crippen molar-refractivity contribution in [1.29, 1.82) is 0 Å². The summed E-state index contributed by atoms with van der Waals surface area (Å²) in [7, 11) is 0. The summed E-state index contributed by atoms with van der Waals surface area (Å²) in [6.07, 6.45) is -34.9. The summed E-state index contributed by atoms with van der Waals surface area (Å²) >= 11 is 0. The number of carbonyl (C=O) groups excluding carboxylic acids is 17. The molecule has 5 aliphatic rings. The third kappa shape index (κ3) is 59.6. The van der Waals surface area contributed by atoms with E-state index in [0.29, 0.717) is 0 Å². The van der Waals surface area contributed by atoms with Crippen LogP contribution in [0.4, 0.5) is 0 Å². The van der Waals surface area contributed by atoms with Gasteiger partial charge >= 0.3 is 0 Å². The van der Waals surface area contributed by atoms with Gasteiger partial charge in [0.25, 0.3) is 0 Å². The van der Waals surface area contributed by atoms with E-state index in [4.69, 9.17) is 104 Å². The molecule has 0 amide bonds. The fourth-order valence-corrected chi connectivity index (χ4v) is 10.2. The molecule has 25 atom stereocenters. The van der Waals surface area contributed by atoms with Gasteiger partial charge in [-0.15, -0.1) is 0 Å². The van der Waals surface area contributed by atoms with Crippen LogP contribution in [0.3, 0.4) is 0 Å². The Bertz CT molecular complexity index is 2540. The molecule has 0 aromatic heterocycles. The van der Waals surface area contributed by atoms with Crippen molar-refractivity contribution in [3.05, 3.63) is 12.8 Å². The van der Waals surface area contributed by atoms with Crippen LogP contribution in [0.5, 0.6) is 0 Å². The Balaban J connectivity index is -0.0000000935. The van der Waals surface area contributed by atoms with E-state index in [-0.39, 0.29) is 601 Å². The summed E-state index contributed by atoms with van der Waals surface area (Å²) in [5, 5.41) is 2.70. The van der Waals surface area contributed by atoms with Crippen LogP contribution >= 0.6 is 0 Å². The van der Waals surface area contributed by atoms with Crippen LogP contribution in [-0.4, -0.2) is 315 Å². The first-order chi connectivity index (χ1) is 49.9. The van der Waals surface area contributed by atoms with E-state index in [9.17, 15) is 81.5 Å². The number of nitrogens with one attached hydrogen (secondary N) is 1. The van der Waals surface area contributed by atoms with E-state index in [0.717, 1.165) is 64.7 Å². The fraction of sp³-hybridized carbons (Fsp3) is 0.672. The molecule has 0 aliphatic carbocycles. The van der Waals surface area contributed by atoms with Crippen LogP contribution in [0.25, 0.3) is 0 Å². The van der Waals surface area contributed by atoms with Gasteiger partial charge in [0.15, 0.2) is 43.7 Å². The molecule has 5 heterocycles. The van der Waals surface area contributed by atoms with Crippen LogP contribution in [0.1, 0.15) is 41.5 Å². The number of rotatable bonds is 51. The summed E-state index contributed by atoms with van der Waals surface area (Å²) in [6.45, 7) is 30.0. The van der Waals surface area contributed by atoms with Crippen molar-refractivity contribution in [1.82, 2.24) is 5.32 Å². The van der Waals surface area contributed by atoms with E-state index in [1.807, 2.05) is 0 Å². The summed E-state index contributed by atoms with van der Waals surface area (Å²) in [5.41, 5.74) is 0. The first-order valence-electron chi connectivity index (χ1n) is 29.0. The largest absolute Gasteiger partial charge is 0.651 e. The fourth-order valence-electron chi connectivity index (χ4n) is 10.2. The molecule has 5 rings (SSSR count). The van der Waals surface area contributed by atoms with Crippen molar-refractivity contribution >= 4 is 110 Å². The summed E-state index contributed by atoms with van der Waals surface area (Å²) in [4.78, 5) is 186. The SMILES string of the molecule is C=[C-]N[C@H]1[C@H](OC(C)C)O[C@H](CO[C-]=O)[C@@H](O[C-]=O)[C@@H]1O[C-]=O.CC(C)OC1O[C@H](CO[C-]=O)[C@@H](O[C@@H]2O[C@H](CO[C-]=O)[C@H](O[C-]=O)[C@H](O[C-]=O)[C@H]2O[C-]=O)[C@H](O[C-]=O)[C@H]1O[C-]=O.CC(C)OC1O[C@H](CO[C-]=O)[C@@H](O[C@H]2O[C@H](CO[C-]=O)[C@@H](O[C-]=O)[C@H](O[C-]=O)[C@H]2O[C-]=O)[C@H](O[C-]=O)[C@H]1O[C-]=O.[Y].[Y].[Y].[Y].[Y].[Y].[Y].[Y].[Y].[Y].[Y].[Y].[Y].[Y].[Y].[Y].[Y].[Y]. The third-order valence-corrected chi connectivity index (χ3v) is 13.8. The number of ether oxygens (including phenoxy) is 27. The van der Waals surface area contributed by atoms with Crippen molar-refractivity contribution in [3.63, 3.8) is 0 Å². The normalized spacial score (nSPS) is 27.8. The Morgan fingerprint density at radius 1 is 0.231 bits per heavy atom. The van der Waals surface area contributed by atoms with Crippen LogP contribution in [0.2, 0.25) is 0 Å². The monoisotopic (exact) mass is 3070 g/mol. The second-order valence-corrected chi connectivity index (χ2v) is 20.8. The zero-order valence-corrected chi connectivity index (χ0v) is 115. The van der Waals surface area contributed by atoms with Crippen molar-refractivity contribution in [2.45, 2.75) is 213 Å². The minimum Gasteiger partial charge on any atom is -0.651 e. The van der Waals surface area contributed by atoms with E-state index in [2.05, 4.69) is 41.8 Å². The molecule has 0 bridgehead atoms. The molecule has 1 N–H and O–H groups in total. The maximum absolute atomic E-state index is 11.3. The zero-order chi connectivity index (χ0) is 76.2. The molecule has 63 heteroatoms. The Kier molecular flexibility index (Phi) is 142. The minimum atomic E-state index is -1.84. The van der Waals surface area contributed by atoms with Crippen molar-refractivity contribution in [2.24, 2.45) is 0 Å². The second kappa shape index (κ2) is 103. The average Bonchev–Trinajstić information content (AvgIpc) is 0.776. The molecular weight excluding hydrogens is 3010 g/mol. The molecular formula is C58H59NO44Y18-18. The molecule has 0 aromatic carbocycles. The van der Waals surface area contributed by atoms with Crippen LogP contribution < -0.4 is 5.32 Å². The molecule has 5 fully saturated rings. The van der Waals surface area contributed by atoms with Gasteiger partial charge < -0.3 is 221 Å². The van der Waals surface area contributed by atoms with Crippen LogP contribution in [-0.2, 0) is 798 Å². The van der Waals surface area contributed by atoms with Gasteiger partial charge in [0.2, 0.25) is 0 Å². The predicted molar refractivity (Wildman–Crippen MR) is 303 cm³/mol. The number of hydrogen-bond donors (Lipinski definition) is 1. The first kappa shape index (κ1) is 167. The van der Waals surface area contributed by atoms with Gasteiger partial charge in [0.05, 0.1) is 57.4 Å². The molecule has 121 heavy (non-hydrogen) atoms. The molecule has 0 spiro atoms. The molecule has 2 unspecified atom stereocenters. The van der Waals surface area contributed by atoms with Crippen molar-refractivity contribution < 1.29 is 798 Å². The summed E-state index contributed by atoms with van der Waals surface area (Å²) in [6, 6.07) is -0.786. The van der Waals surface area contributed by atoms with Gasteiger partial charge in [0.1, 0.15) is 104 Å². The van der Waals surface area contributed by atoms with E-state index in [1.54, 1.807) is 41.5 Å². The third-order valence-electron chi connectivity index (χ3n) is 13.8. The predicted octanol–water partition coefficient (Wildman–Crippen LogP) is -7.66. The van der Waals surface area contributed by atoms with Gasteiger partial charge in [-0.05, 0) is 41.5 Å². The molecule has 5 aliphatic heterocycles. The van der Waals surface area contributed by atoms with Crippen molar-refractivity contribution in [3.8, 4) is 0 Å². The Labute approximate surface area is 1150 Å². The average molecular weight is 3070 g/mol. The zero-order valence-electron chi connectivity index (χ0n) is 64.3. The standard InChI is InChI=1S/2C22H21O18.C14H17NO8.18Y/c2*1-12(2)37-21-20(36-11-29)18(34-9-27)16(14(39-21)4-31-6-24)40-22-19(35-10-28)17(33-8-26)15(32-7-25)13(38-22)3-30-5-23;1-4-15-11-13(21-8-18)12(20-7-17)10(5-19-6-16)23-14(11)22-9(2)3;;;;;;;;;;;;;;;;;;/h2*12-22H,3-4H2,1-2H3;9-15H,1,5H2,2-3H3;;;;;;;;;;;;;;;;;;/q2*-7;-4;;;;;;;;;;;;;;;;;;/t13-,14-,15+,16-,17+,18+,19-,20-,21?,22+;13-,14-,15-,16-,17+,18+,19-,20-,21?,22-;10-,11-,12-,13-,14-;;;;;;;;;;;;;;;;;;/m111................../s1. The van der Waals surface area contributed by atoms with Crippen LogP contribution in [0.15, 0.2) is 6.58 Å². The van der Waals surface area contributed by atoms with Gasteiger partial charge in [-0.25, -0.2) is 0 Å². The minimum absolute atomic E-state index is 0. The molecule has 45 nitrogen and oxygen atoms in total. The second-order valence-electron chi connectivity index (χ2n) is 20.8. The molecule has 632 valence electrons. The summed E-state index contributed by atoms with van der Waals surface area (Å²) < 4.78 is 138. The Morgan fingerprint density at radius 3 is 0.628 bits per heavy atom. The van der Waals surface area contributed by atoms with Gasteiger partial charge in [-0.2, -0.15) is 0 Å². The molecule has 18 radical (unpaired) electrons. The Hall–Kier alpha value is 10.0. The van der Waals surface area contributed by atoms with Gasteiger partial charge in [-0.3, -0.25) is 6.58 Å². The first-order valence-corrected chi connectivity index (χ1v) is 29.0. The molecule has 0 aromatic rings. The summed E-state index contributed by atoms with van der Waals surface area (Å²) in [5.74, 6) is 0. The maximum atomic E-state index is 11.3. The topological polar surface area (TPSA) is 551 Å². The van der Waals surface area contributed by atoms with E-state index in [1.165, 1.54) is 45.3 Å².